The molecule has 0 atom stereocenters. The molecule has 0 aliphatic carbocycles. The van der Waals surface area contributed by atoms with Gasteiger partial charge < -0.3 is 9.80 Å². The molecule has 3 aromatic rings. The third kappa shape index (κ3) is 3.98. The Balaban J connectivity index is 1.39. The van der Waals surface area contributed by atoms with Gasteiger partial charge in [-0.15, -0.1) is 10.2 Å². The topological polar surface area (TPSA) is 92.5 Å². The number of piperazine rings is 1. The summed E-state index contributed by atoms with van der Waals surface area (Å²) in [6, 6.07) is 18.3. The third-order valence-electron chi connectivity index (χ3n) is 5.25. The van der Waals surface area contributed by atoms with Gasteiger partial charge in [0.1, 0.15) is 0 Å². The van der Waals surface area contributed by atoms with E-state index < -0.39 is 4.92 Å². The molecule has 2 aromatic carbocycles. The summed E-state index contributed by atoms with van der Waals surface area (Å²) in [5.74, 6) is 0.672. The standard InChI is InChI=1S/C22H21N5O3/c1-16-15-18(7-9-20(16)27(29)30)22(28)26-13-11-25(12-14-26)21-10-8-19(23-24-21)17-5-3-2-4-6-17/h2-10,15H,11-14H2,1H3. The van der Waals surface area contributed by atoms with E-state index in [0.717, 1.165) is 17.1 Å². The number of aromatic nitrogens is 2. The number of carbonyl (C=O) groups is 1. The maximum atomic E-state index is 12.8. The molecule has 1 aromatic heterocycles. The molecule has 2 heterocycles. The Morgan fingerprint density at radius 1 is 0.967 bits per heavy atom. The molecule has 0 unspecified atom stereocenters. The van der Waals surface area contributed by atoms with Crippen LogP contribution < -0.4 is 4.90 Å². The van der Waals surface area contributed by atoms with Crippen LogP contribution in [0.5, 0.6) is 0 Å². The molecule has 0 radical (unpaired) electrons. The van der Waals surface area contributed by atoms with Crippen LogP contribution in [0.1, 0.15) is 15.9 Å². The number of hydrogen-bond acceptors (Lipinski definition) is 6. The first-order chi connectivity index (χ1) is 14.5. The molecule has 152 valence electrons. The van der Waals surface area contributed by atoms with Crippen LogP contribution in [0.25, 0.3) is 11.3 Å². The molecular weight excluding hydrogens is 382 g/mol. The number of hydrogen-bond donors (Lipinski definition) is 0. The molecule has 8 heteroatoms. The number of anilines is 1. The minimum absolute atomic E-state index is 0.0221. The lowest BCUT2D eigenvalue weighted by molar-refractivity contribution is -0.385. The van der Waals surface area contributed by atoms with E-state index in [9.17, 15) is 14.9 Å². The van der Waals surface area contributed by atoms with Crippen LogP contribution in [0.2, 0.25) is 0 Å². The highest BCUT2D eigenvalue weighted by Crippen LogP contribution is 2.22. The van der Waals surface area contributed by atoms with E-state index in [1.807, 2.05) is 42.5 Å². The van der Waals surface area contributed by atoms with Crippen LogP contribution in [0.15, 0.2) is 60.7 Å². The number of carbonyl (C=O) groups excluding carboxylic acids is 1. The van der Waals surface area contributed by atoms with Crippen molar-refractivity contribution in [2.75, 3.05) is 31.1 Å². The Morgan fingerprint density at radius 3 is 2.30 bits per heavy atom. The molecule has 30 heavy (non-hydrogen) atoms. The van der Waals surface area contributed by atoms with Crippen LogP contribution in [0.4, 0.5) is 11.5 Å². The van der Waals surface area contributed by atoms with E-state index in [1.54, 1.807) is 17.9 Å². The van der Waals surface area contributed by atoms with Gasteiger partial charge >= 0.3 is 0 Å². The van der Waals surface area contributed by atoms with Crippen molar-refractivity contribution in [2.24, 2.45) is 0 Å². The zero-order valence-corrected chi connectivity index (χ0v) is 16.6. The summed E-state index contributed by atoms with van der Waals surface area (Å²) in [5.41, 5.74) is 2.82. The van der Waals surface area contributed by atoms with Crippen molar-refractivity contribution in [1.29, 1.82) is 0 Å². The second-order valence-corrected chi connectivity index (χ2v) is 7.18. The van der Waals surface area contributed by atoms with Gasteiger partial charge in [-0.3, -0.25) is 14.9 Å². The predicted molar refractivity (Wildman–Crippen MR) is 113 cm³/mol. The van der Waals surface area contributed by atoms with E-state index >= 15 is 0 Å². The Kier molecular flexibility index (Phi) is 5.38. The summed E-state index contributed by atoms with van der Waals surface area (Å²) >= 11 is 0. The van der Waals surface area contributed by atoms with E-state index in [1.165, 1.54) is 12.1 Å². The minimum atomic E-state index is -0.438. The van der Waals surface area contributed by atoms with Crippen LogP contribution in [-0.2, 0) is 0 Å². The summed E-state index contributed by atoms with van der Waals surface area (Å²) < 4.78 is 0. The second-order valence-electron chi connectivity index (χ2n) is 7.18. The molecule has 1 aliphatic heterocycles. The van der Waals surface area contributed by atoms with Crippen molar-refractivity contribution < 1.29 is 9.72 Å². The summed E-state index contributed by atoms with van der Waals surface area (Å²) in [6.07, 6.45) is 0. The van der Waals surface area contributed by atoms with Gasteiger partial charge in [-0.2, -0.15) is 0 Å². The number of nitrogens with zero attached hydrogens (tertiary/aromatic N) is 5. The molecule has 1 amide bonds. The first-order valence-corrected chi connectivity index (χ1v) is 9.71. The van der Waals surface area contributed by atoms with E-state index in [2.05, 4.69) is 15.1 Å². The van der Waals surface area contributed by atoms with Gasteiger partial charge in [0.05, 0.1) is 10.6 Å². The smallest absolute Gasteiger partial charge is 0.272 e. The number of nitro benzene ring substituents is 1. The average Bonchev–Trinajstić information content (AvgIpc) is 2.79. The maximum absolute atomic E-state index is 12.8. The van der Waals surface area contributed by atoms with E-state index in [-0.39, 0.29) is 11.6 Å². The fraction of sp³-hybridized carbons (Fsp3) is 0.227. The highest BCUT2D eigenvalue weighted by molar-refractivity contribution is 5.95. The fourth-order valence-corrected chi connectivity index (χ4v) is 3.57. The van der Waals surface area contributed by atoms with Crippen molar-refractivity contribution >= 4 is 17.4 Å². The van der Waals surface area contributed by atoms with Crippen molar-refractivity contribution in [2.45, 2.75) is 6.92 Å². The zero-order chi connectivity index (χ0) is 21.1. The van der Waals surface area contributed by atoms with Crippen molar-refractivity contribution in [3.8, 4) is 11.3 Å². The summed E-state index contributed by atoms with van der Waals surface area (Å²) in [6.45, 7) is 4.05. The molecule has 0 saturated carbocycles. The predicted octanol–water partition coefficient (Wildman–Crippen LogP) is 3.32. The molecule has 0 bridgehead atoms. The summed E-state index contributed by atoms with van der Waals surface area (Å²) in [5, 5.41) is 19.7. The highest BCUT2D eigenvalue weighted by atomic mass is 16.6. The number of benzene rings is 2. The van der Waals surface area contributed by atoms with Crippen molar-refractivity contribution in [1.82, 2.24) is 15.1 Å². The molecule has 4 rings (SSSR count). The first-order valence-electron chi connectivity index (χ1n) is 9.71. The maximum Gasteiger partial charge on any atom is 0.272 e. The molecule has 1 fully saturated rings. The second kappa shape index (κ2) is 8.28. The molecule has 0 N–H and O–H groups in total. The Bertz CT molecular complexity index is 1060. The first kappa shape index (κ1) is 19.5. The van der Waals surface area contributed by atoms with Gasteiger partial charge in [0.15, 0.2) is 5.82 Å². The zero-order valence-electron chi connectivity index (χ0n) is 16.6. The summed E-state index contributed by atoms with van der Waals surface area (Å²) in [4.78, 5) is 27.2. The molecule has 1 aliphatic rings. The van der Waals surface area contributed by atoms with Gasteiger partial charge in [-0.1, -0.05) is 30.3 Å². The van der Waals surface area contributed by atoms with Crippen LogP contribution in [0, 0.1) is 17.0 Å². The highest BCUT2D eigenvalue weighted by Gasteiger charge is 2.24. The molecule has 1 saturated heterocycles. The Hall–Kier alpha value is -3.81. The lowest BCUT2D eigenvalue weighted by atomic mass is 10.1. The lowest BCUT2D eigenvalue weighted by Crippen LogP contribution is -2.49. The SMILES string of the molecule is Cc1cc(C(=O)N2CCN(c3ccc(-c4ccccc4)nn3)CC2)ccc1[N+](=O)[O-]. The Morgan fingerprint density at radius 2 is 1.70 bits per heavy atom. The molecule has 8 nitrogen and oxygen atoms in total. The quantitative estimate of drug-likeness (QED) is 0.490. The summed E-state index contributed by atoms with van der Waals surface area (Å²) in [7, 11) is 0. The fourth-order valence-electron chi connectivity index (χ4n) is 3.57. The van der Waals surface area contributed by atoms with E-state index in [0.29, 0.717) is 37.3 Å². The number of aryl methyl sites for hydroxylation is 1. The van der Waals surface area contributed by atoms with Crippen LogP contribution >= 0.6 is 0 Å². The van der Waals surface area contributed by atoms with Gasteiger partial charge in [0.25, 0.3) is 11.6 Å². The van der Waals surface area contributed by atoms with E-state index in [4.69, 9.17) is 0 Å². The van der Waals surface area contributed by atoms with Crippen LogP contribution in [0.3, 0.4) is 0 Å². The minimum Gasteiger partial charge on any atom is -0.352 e. The van der Waals surface area contributed by atoms with Gasteiger partial charge in [-0.25, -0.2) is 0 Å². The number of amides is 1. The van der Waals surface area contributed by atoms with Gasteiger partial charge in [0.2, 0.25) is 0 Å². The molecule has 0 spiro atoms. The number of rotatable bonds is 4. The largest absolute Gasteiger partial charge is 0.352 e. The van der Waals surface area contributed by atoms with Gasteiger partial charge in [0, 0.05) is 48.9 Å². The number of nitro groups is 1. The average molecular weight is 403 g/mol. The normalized spacial score (nSPS) is 13.9. The van der Waals surface area contributed by atoms with Crippen molar-refractivity contribution in [3.63, 3.8) is 0 Å². The Labute approximate surface area is 173 Å². The molecular formula is C22H21N5O3. The third-order valence-corrected chi connectivity index (χ3v) is 5.25. The monoisotopic (exact) mass is 403 g/mol. The lowest BCUT2D eigenvalue weighted by Gasteiger charge is -2.35. The van der Waals surface area contributed by atoms with Gasteiger partial charge in [-0.05, 0) is 31.2 Å². The van der Waals surface area contributed by atoms with Crippen LogP contribution in [-0.4, -0.2) is 52.1 Å². The van der Waals surface area contributed by atoms with Crippen molar-refractivity contribution in [3.05, 3.63) is 81.9 Å².